The largest absolute Gasteiger partial charge is 0.357 e. The van der Waals surface area contributed by atoms with Crippen LogP contribution in [0.1, 0.15) is 27.2 Å². The SMILES string of the molecule is CCNC(=NCCC(C)C)NCCn1cccc1. The van der Waals surface area contributed by atoms with Gasteiger partial charge in [-0.2, -0.15) is 0 Å². The van der Waals surface area contributed by atoms with E-state index in [4.69, 9.17) is 0 Å². The van der Waals surface area contributed by atoms with Gasteiger partial charge in [0.2, 0.25) is 0 Å². The summed E-state index contributed by atoms with van der Waals surface area (Å²) >= 11 is 0. The van der Waals surface area contributed by atoms with Crippen LogP contribution in [-0.2, 0) is 6.54 Å². The van der Waals surface area contributed by atoms with Gasteiger partial charge in [-0.3, -0.25) is 4.99 Å². The van der Waals surface area contributed by atoms with E-state index < -0.39 is 0 Å². The van der Waals surface area contributed by atoms with Crippen LogP contribution in [0.15, 0.2) is 29.5 Å². The monoisotopic (exact) mass is 250 g/mol. The standard InChI is InChI=1S/C14H26N4/c1-4-15-14(16-8-7-13(2)3)17-9-12-18-10-5-6-11-18/h5-6,10-11,13H,4,7-9,12H2,1-3H3,(H2,15,16,17). The highest BCUT2D eigenvalue weighted by atomic mass is 15.2. The van der Waals surface area contributed by atoms with Gasteiger partial charge in [0.1, 0.15) is 0 Å². The summed E-state index contributed by atoms with van der Waals surface area (Å²) in [5, 5.41) is 6.62. The lowest BCUT2D eigenvalue weighted by Crippen LogP contribution is -2.38. The Bertz CT molecular complexity index is 328. The Hall–Kier alpha value is -1.45. The summed E-state index contributed by atoms with van der Waals surface area (Å²) in [6.07, 6.45) is 5.28. The van der Waals surface area contributed by atoms with Crippen molar-refractivity contribution in [2.45, 2.75) is 33.7 Å². The van der Waals surface area contributed by atoms with Crippen LogP contribution in [0.4, 0.5) is 0 Å². The number of nitrogens with zero attached hydrogens (tertiary/aromatic N) is 2. The molecule has 0 amide bonds. The molecule has 2 N–H and O–H groups in total. The average Bonchev–Trinajstić information content (AvgIpc) is 2.81. The van der Waals surface area contributed by atoms with Crippen LogP contribution in [0.3, 0.4) is 0 Å². The first-order chi connectivity index (χ1) is 8.72. The molecule has 0 aliphatic carbocycles. The molecule has 18 heavy (non-hydrogen) atoms. The van der Waals surface area contributed by atoms with Crippen molar-refractivity contribution in [2.75, 3.05) is 19.6 Å². The van der Waals surface area contributed by atoms with E-state index in [0.29, 0.717) is 5.92 Å². The molecule has 0 unspecified atom stereocenters. The molecule has 102 valence electrons. The fourth-order valence-electron chi connectivity index (χ4n) is 1.60. The van der Waals surface area contributed by atoms with Gasteiger partial charge in [-0.25, -0.2) is 0 Å². The van der Waals surface area contributed by atoms with Crippen LogP contribution in [0.5, 0.6) is 0 Å². The molecule has 0 radical (unpaired) electrons. The van der Waals surface area contributed by atoms with E-state index in [-0.39, 0.29) is 0 Å². The Kier molecular flexibility index (Phi) is 6.99. The van der Waals surface area contributed by atoms with E-state index >= 15 is 0 Å². The molecule has 0 aliphatic heterocycles. The second-order valence-corrected chi connectivity index (χ2v) is 4.79. The molecule has 4 nitrogen and oxygen atoms in total. The van der Waals surface area contributed by atoms with E-state index in [1.807, 2.05) is 12.1 Å². The lowest BCUT2D eigenvalue weighted by atomic mass is 10.1. The molecule has 1 aromatic heterocycles. The Labute approximate surface area is 110 Å². The highest BCUT2D eigenvalue weighted by Gasteiger charge is 1.97. The number of aromatic nitrogens is 1. The molecule has 0 aromatic carbocycles. The Morgan fingerprint density at radius 2 is 1.94 bits per heavy atom. The molecule has 0 aliphatic rings. The second kappa shape index (κ2) is 8.61. The highest BCUT2D eigenvalue weighted by molar-refractivity contribution is 5.79. The van der Waals surface area contributed by atoms with Crippen molar-refractivity contribution in [3.63, 3.8) is 0 Å². The topological polar surface area (TPSA) is 41.4 Å². The van der Waals surface area contributed by atoms with E-state index in [1.165, 1.54) is 0 Å². The molecule has 0 fully saturated rings. The number of aliphatic imine (C=N–C) groups is 1. The highest BCUT2D eigenvalue weighted by Crippen LogP contribution is 1.98. The van der Waals surface area contributed by atoms with E-state index in [0.717, 1.165) is 38.6 Å². The predicted octanol–water partition coefficient (Wildman–Crippen LogP) is 2.09. The number of guanidine groups is 1. The van der Waals surface area contributed by atoms with Crippen LogP contribution in [-0.4, -0.2) is 30.2 Å². The van der Waals surface area contributed by atoms with E-state index in [9.17, 15) is 0 Å². The first-order valence-corrected chi connectivity index (χ1v) is 6.85. The summed E-state index contributed by atoms with van der Waals surface area (Å²) < 4.78 is 2.16. The van der Waals surface area contributed by atoms with Gasteiger partial charge in [-0.15, -0.1) is 0 Å². The van der Waals surface area contributed by atoms with Gasteiger partial charge >= 0.3 is 0 Å². The number of nitrogens with one attached hydrogen (secondary N) is 2. The molecule has 0 bridgehead atoms. The van der Waals surface area contributed by atoms with Crippen molar-refractivity contribution in [3.8, 4) is 0 Å². The molecule has 0 spiro atoms. The third-order valence-electron chi connectivity index (χ3n) is 2.65. The first kappa shape index (κ1) is 14.6. The first-order valence-electron chi connectivity index (χ1n) is 6.85. The van der Waals surface area contributed by atoms with Gasteiger partial charge in [0, 0.05) is 38.6 Å². The zero-order valence-corrected chi connectivity index (χ0v) is 11.8. The minimum Gasteiger partial charge on any atom is -0.357 e. The molecule has 0 atom stereocenters. The summed E-state index contributed by atoms with van der Waals surface area (Å²) in [7, 11) is 0. The van der Waals surface area contributed by atoms with Crippen LogP contribution >= 0.6 is 0 Å². The maximum atomic E-state index is 4.56. The molecule has 1 rings (SSSR count). The summed E-state index contributed by atoms with van der Waals surface area (Å²) in [4.78, 5) is 4.56. The molecule has 4 heteroatoms. The molecular formula is C14H26N4. The average molecular weight is 250 g/mol. The molecule has 1 heterocycles. The van der Waals surface area contributed by atoms with Crippen molar-refractivity contribution in [2.24, 2.45) is 10.9 Å². The molecule has 1 aromatic rings. The fourth-order valence-corrected chi connectivity index (χ4v) is 1.60. The van der Waals surface area contributed by atoms with Crippen molar-refractivity contribution in [3.05, 3.63) is 24.5 Å². The van der Waals surface area contributed by atoms with Crippen LogP contribution in [0.2, 0.25) is 0 Å². The van der Waals surface area contributed by atoms with Gasteiger partial charge < -0.3 is 15.2 Å². The van der Waals surface area contributed by atoms with Crippen LogP contribution < -0.4 is 10.6 Å². The summed E-state index contributed by atoms with van der Waals surface area (Å²) in [6, 6.07) is 4.09. The van der Waals surface area contributed by atoms with Crippen LogP contribution in [0.25, 0.3) is 0 Å². The quantitative estimate of drug-likeness (QED) is 0.575. The third kappa shape index (κ3) is 6.33. The Balaban J connectivity index is 2.28. The smallest absolute Gasteiger partial charge is 0.191 e. The third-order valence-corrected chi connectivity index (χ3v) is 2.65. The fraction of sp³-hybridized carbons (Fsp3) is 0.643. The molecule has 0 saturated heterocycles. The normalized spacial score (nSPS) is 11.9. The molecular weight excluding hydrogens is 224 g/mol. The van der Waals surface area contributed by atoms with Gasteiger partial charge in [-0.05, 0) is 31.4 Å². The Morgan fingerprint density at radius 1 is 1.22 bits per heavy atom. The predicted molar refractivity (Wildman–Crippen MR) is 77.9 cm³/mol. The maximum absolute atomic E-state index is 4.56. The Morgan fingerprint density at radius 3 is 2.56 bits per heavy atom. The summed E-state index contributed by atoms with van der Waals surface area (Å²) in [5.74, 6) is 1.63. The van der Waals surface area contributed by atoms with Crippen molar-refractivity contribution < 1.29 is 0 Å². The zero-order valence-electron chi connectivity index (χ0n) is 11.8. The zero-order chi connectivity index (χ0) is 13.2. The number of rotatable bonds is 7. The molecule has 0 saturated carbocycles. The van der Waals surface area contributed by atoms with Crippen LogP contribution in [0, 0.1) is 5.92 Å². The van der Waals surface area contributed by atoms with Crippen molar-refractivity contribution in [1.29, 1.82) is 0 Å². The van der Waals surface area contributed by atoms with Crippen molar-refractivity contribution in [1.82, 2.24) is 15.2 Å². The van der Waals surface area contributed by atoms with Gasteiger partial charge in [-0.1, -0.05) is 13.8 Å². The minimum atomic E-state index is 0.705. The van der Waals surface area contributed by atoms with Gasteiger partial charge in [0.05, 0.1) is 0 Å². The number of hydrogen-bond acceptors (Lipinski definition) is 1. The second-order valence-electron chi connectivity index (χ2n) is 4.79. The van der Waals surface area contributed by atoms with E-state index in [2.05, 4.69) is 53.4 Å². The minimum absolute atomic E-state index is 0.705. The maximum Gasteiger partial charge on any atom is 0.191 e. The summed E-state index contributed by atoms with van der Waals surface area (Å²) in [6.45, 7) is 10.2. The summed E-state index contributed by atoms with van der Waals surface area (Å²) in [5.41, 5.74) is 0. The van der Waals surface area contributed by atoms with Gasteiger partial charge in [0.25, 0.3) is 0 Å². The lowest BCUT2D eigenvalue weighted by molar-refractivity contribution is 0.593. The number of hydrogen-bond donors (Lipinski definition) is 2. The van der Waals surface area contributed by atoms with E-state index in [1.54, 1.807) is 0 Å². The lowest BCUT2D eigenvalue weighted by Gasteiger charge is -2.12. The van der Waals surface area contributed by atoms with Gasteiger partial charge in [0.15, 0.2) is 5.96 Å². The van der Waals surface area contributed by atoms with Crippen molar-refractivity contribution >= 4 is 5.96 Å².